The van der Waals surface area contributed by atoms with Crippen molar-refractivity contribution in [1.82, 2.24) is 10.2 Å². The molecule has 110 valence electrons. The molecule has 1 heterocycles. The third kappa shape index (κ3) is 3.38. The first kappa shape index (κ1) is 15.0. The van der Waals surface area contributed by atoms with Crippen molar-refractivity contribution in [2.75, 3.05) is 19.6 Å². The Balaban J connectivity index is 2.12. The van der Waals surface area contributed by atoms with Crippen LogP contribution in [0.15, 0.2) is 24.3 Å². The standard InChI is InChI=1S/C16H25N3O/c1-3-18-16(2,15(17)20)12-19-10-6-9-13-7-4-5-8-14(13)11-19/h4-5,7-8,18H,3,6,9-12H2,1-2H3,(H2,17,20). The Morgan fingerprint density at radius 3 is 2.75 bits per heavy atom. The summed E-state index contributed by atoms with van der Waals surface area (Å²) in [5, 5.41) is 3.23. The second-order valence-corrected chi connectivity index (χ2v) is 5.81. The molecule has 1 unspecified atom stereocenters. The number of amides is 1. The van der Waals surface area contributed by atoms with E-state index in [2.05, 4.69) is 34.5 Å². The Morgan fingerprint density at radius 2 is 2.10 bits per heavy atom. The zero-order valence-electron chi connectivity index (χ0n) is 12.5. The summed E-state index contributed by atoms with van der Waals surface area (Å²) >= 11 is 0. The quantitative estimate of drug-likeness (QED) is 0.851. The summed E-state index contributed by atoms with van der Waals surface area (Å²) in [7, 11) is 0. The van der Waals surface area contributed by atoms with Crippen LogP contribution in [0, 0.1) is 0 Å². The highest BCUT2D eigenvalue weighted by atomic mass is 16.1. The van der Waals surface area contributed by atoms with E-state index >= 15 is 0 Å². The van der Waals surface area contributed by atoms with Crippen LogP contribution in [0.3, 0.4) is 0 Å². The fraction of sp³-hybridized carbons (Fsp3) is 0.562. The third-order valence-electron chi connectivity index (χ3n) is 4.08. The van der Waals surface area contributed by atoms with Crippen LogP contribution in [0.1, 0.15) is 31.4 Å². The molecular formula is C16H25N3O. The van der Waals surface area contributed by atoms with Crippen molar-refractivity contribution in [3.05, 3.63) is 35.4 Å². The molecule has 0 saturated heterocycles. The minimum absolute atomic E-state index is 0.281. The zero-order chi connectivity index (χ0) is 14.6. The molecule has 0 spiro atoms. The molecular weight excluding hydrogens is 250 g/mol. The number of rotatable bonds is 5. The Morgan fingerprint density at radius 1 is 1.40 bits per heavy atom. The Bertz CT molecular complexity index is 475. The van der Waals surface area contributed by atoms with Crippen LogP contribution in [0.4, 0.5) is 0 Å². The predicted molar refractivity (Wildman–Crippen MR) is 81.3 cm³/mol. The van der Waals surface area contributed by atoms with E-state index in [9.17, 15) is 4.79 Å². The SMILES string of the molecule is CCNC(C)(CN1CCCc2ccccc2C1)C(N)=O. The minimum atomic E-state index is -0.659. The van der Waals surface area contributed by atoms with Crippen LogP contribution in [-0.4, -0.2) is 36.0 Å². The van der Waals surface area contributed by atoms with Gasteiger partial charge >= 0.3 is 0 Å². The number of aryl methyl sites for hydroxylation is 1. The molecule has 1 aromatic rings. The third-order valence-corrected chi connectivity index (χ3v) is 4.08. The van der Waals surface area contributed by atoms with E-state index in [1.165, 1.54) is 11.1 Å². The molecule has 1 aliphatic rings. The normalized spacial score (nSPS) is 18.9. The van der Waals surface area contributed by atoms with Gasteiger partial charge in [-0.25, -0.2) is 0 Å². The highest BCUT2D eigenvalue weighted by Gasteiger charge is 2.32. The van der Waals surface area contributed by atoms with Crippen LogP contribution >= 0.6 is 0 Å². The summed E-state index contributed by atoms with van der Waals surface area (Å²) in [5.41, 5.74) is 7.72. The van der Waals surface area contributed by atoms with E-state index in [1.807, 2.05) is 13.8 Å². The lowest BCUT2D eigenvalue weighted by atomic mass is 10.00. The number of hydrogen-bond donors (Lipinski definition) is 2. The Kier molecular flexibility index (Phi) is 4.78. The highest BCUT2D eigenvalue weighted by molar-refractivity contribution is 5.84. The molecule has 1 aromatic carbocycles. The Labute approximate surface area is 121 Å². The van der Waals surface area contributed by atoms with Gasteiger partial charge in [-0.15, -0.1) is 0 Å². The first-order valence-corrected chi connectivity index (χ1v) is 7.39. The second-order valence-electron chi connectivity index (χ2n) is 5.81. The van der Waals surface area contributed by atoms with Gasteiger partial charge < -0.3 is 11.1 Å². The van der Waals surface area contributed by atoms with Gasteiger partial charge in [-0.05, 0) is 44.0 Å². The molecule has 0 radical (unpaired) electrons. The number of nitrogens with zero attached hydrogens (tertiary/aromatic N) is 1. The molecule has 1 amide bonds. The molecule has 0 saturated carbocycles. The van der Waals surface area contributed by atoms with Gasteiger partial charge in [-0.2, -0.15) is 0 Å². The monoisotopic (exact) mass is 275 g/mol. The number of benzene rings is 1. The number of carbonyl (C=O) groups excluding carboxylic acids is 1. The molecule has 1 aliphatic heterocycles. The number of nitrogens with two attached hydrogens (primary N) is 1. The van der Waals surface area contributed by atoms with Gasteiger partial charge in [-0.3, -0.25) is 9.69 Å². The lowest BCUT2D eigenvalue weighted by Crippen LogP contribution is -2.59. The number of primary amides is 1. The van der Waals surface area contributed by atoms with E-state index in [-0.39, 0.29) is 5.91 Å². The summed E-state index contributed by atoms with van der Waals surface area (Å²) < 4.78 is 0. The number of hydrogen-bond acceptors (Lipinski definition) is 3. The van der Waals surface area contributed by atoms with Crippen LogP contribution < -0.4 is 11.1 Å². The average molecular weight is 275 g/mol. The van der Waals surface area contributed by atoms with Gasteiger partial charge in [0.15, 0.2) is 0 Å². The van der Waals surface area contributed by atoms with E-state index in [0.717, 1.165) is 32.5 Å². The van der Waals surface area contributed by atoms with Crippen molar-refractivity contribution in [2.45, 2.75) is 38.8 Å². The van der Waals surface area contributed by atoms with Gasteiger partial charge in [0, 0.05) is 13.1 Å². The maximum absolute atomic E-state index is 11.7. The molecule has 3 N–H and O–H groups in total. The molecule has 0 aromatic heterocycles. The second kappa shape index (κ2) is 6.37. The van der Waals surface area contributed by atoms with E-state index in [0.29, 0.717) is 6.54 Å². The number of fused-ring (bicyclic) bond motifs is 1. The topological polar surface area (TPSA) is 58.4 Å². The zero-order valence-corrected chi connectivity index (χ0v) is 12.5. The van der Waals surface area contributed by atoms with E-state index in [1.54, 1.807) is 0 Å². The fourth-order valence-corrected chi connectivity index (χ4v) is 2.96. The van der Waals surface area contributed by atoms with Crippen LogP contribution in [-0.2, 0) is 17.8 Å². The summed E-state index contributed by atoms with van der Waals surface area (Å²) in [6.45, 7) is 7.19. The van der Waals surface area contributed by atoms with Crippen LogP contribution in [0.2, 0.25) is 0 Å². The number of carbonyl (C=O) groups is 1. The van der Waals surface area contributed by atoms with Crippen molar-refractivity contribution < 1.29 is 4.79 Å². The molecule has 1 atom stereocenters. The molecule has 0 fully saturated rings. The lowest BCUT2D eigenvalue weighted by Gasteiger charge is -2.33. The molecule has 4 heteroatoms. The lowest BCUT2D eigenvalue weighted by molar-refractivity contribution is -0.124. The molecule has 2 rings (SSSR count). The maximum atomic E-state index is 11.7. The molecule has 4 nitrogen and oxygen atoms in total. The minimum Gasteiger partial charge on any atom is -0.368 e. The highest BCUT2D eigenvalue weighted by Crippen LogP contribution is 2.20. The van der Waals surface area contributed by atoms with Gasteiger partial charge in [-0.1, -0.05) is 31.2 Å². The van der Waals surface area contributed by atoms with Crippen molar-refractivity contribution in [2.24, 2.45) is 5.73 Å². The number of likely N-dealkylation sites (N-methyl/N-ethyl adjacent to an activating group) is 1. The summed E-state index contributed by atoms with van der Waals surface area (Å²) in [4.78, 5) is 14.1. The van der Waals surface area contributed by atoms with Gasteiger partial charge in [0.05, 0.1) is 0 Å². The average Bonchev–Trinajstić information content (AvgIpc) is 2.60. The van der Waals surface area contributed by atoms with Gasteiger partial charge in [0.25, 0.3) is 0 Å². The summed E-state index contributed by atoms with van der Waals surface area (Å²) in [6.07, 6.45) is 2.24. The van der Waals surface area contributed by atoms with Gasteiger partial charge in [0.2, 0.25) is 5.91 Å². The smallest absolute Gasteiger partial charge is 0.238 e. The maximum Gasteiger partial charge on any atom is 0.238 e. The molecule has 0 aliphatic carbocycles. The van der Waals surface area contributed by atoms with Gasteiger partial charge in [0.1, 0.15) is 5.54 Å². The van der Waals surface area contributed by atoms with Crippen molar-refractivity contribution in [1.29, 1.82) is 0 Å². The van der Waals surface area contributed by atoms with Crippen LogP contribution in [0.25, 0.3) is 0 Å². The predicted octanol–water partition coefficient (Wildman–Crippen LogP) is 1.29. The summed E-state index contributed by atoms with van der Waals surface area (Å²) in [5.74, 6) is -0.281. The summed E-state index contributed by atoms with van der Waals surface area (Å²) in [6, 6.07) is 8.57. The Hall–Kier alpha value is -1.39. The first-order chi connectivity index (χ1) is 9.55. The van der Waals surface area contributed by atoms with E-state index in [4.69, 9.17) is 5.73 Å². The number of nitrogens with one attached hydrogen (secondary N) is 1. The molecule has 0 bridgehead atoms. The first-order valence-electron chi connectivity index (χ1n) is 7.39. The van der Waals surface area contributed by atoms with Crippen molar-refractivity contribution in [3.8, 4) is 0 Å². The van der Waals surface area contributed by atoms with Crippen LogP contribution in [0.5, 0.6) is 0 Å². The van der Waals surface area contributed by atoms with E-state index < -0.39 is 5.54 Å². The fourth-order valence-electron chi connectivity index (χ4n) is 2.96. The van der Waals surface area contributed by atoms with Crippen molar-refractivity contribution >= 4 is 5.91 Å². The largest absolute Gasteiger partial charge is 0.368 e. The van der Waals surface area contributed by atoms with Crippen molar-refractivity contribution in [3.63, 3.8) is 0 Å². The molecule has 20 heavy (non-hydrogen) atoms.